The Balaban J connectivity index is 1.95. The van der Waals surface area contributed by atoms with Gasteiger partial charge in [0.2, 0.25) is 0 Å². The Kier molecular flexibility index (Phi) is 2.92. The average molecular weight is 250 g/mol. The van der Waals surface area contributed by atoms with Crippen molar-refractivity contribution in [3.8, 4) is 11.3 Å². The van der Waals surface area contributed by atoms with Gasteiger partial charge in [-0.05, 0) is 24.6 Å². The van der Waals surface area contributed by atoms with Crippen LogP contribution in [0, 0.1) is 0 Å². The Morgan fingerprint density at radius 2 is 1.79 bits per heavy atom. The molecule has 2 heteroatoms. The summed E-state index contributed by atoms with van der Waals surface area (Å²) in [5, 5.41) is 1.10. The summed E-state index contributed by atoms with van der Waals surface area (Å²) in [5.41, 5.74) is 2.96. The highest BCUT2D eigenvalue weighted by Gasteiger charge is 2.06. The van der Waals surface area contributed by atoms with E-state index < -0.39 is 0 Å². The fourth-order valence-electron chi connectivity index (χ4n) is 2.20. The second-order valence-corrected chi connectivity index (χ2v) is 4.72. The fraction of sp³-hybridized carbons (Fsp3) is 0.118. The van der Waals surface area contributed by atoms with E-state index in [1.807, 2.05) is 54.6 Å². The molecule has 0 aliphatic heterocycles. The largest absolute Gasteiger partial charge is 0.456 e. The molecule has 1 aromatic heterocycles. The number of hydrogen-bond donors (Lipinski definition) is 0. The van der Waals surface area contributed by atoms with Gasteiger partial charge in [-0.2, -0.15) is 0 Å². The first-order valence-corrected chi connectivity index (χ1v) is 6.30. The molecule has 0 unspecified atom stereocenters. The van der Waals surface area contributed by atoms with Gasteiger partial charge in [-0.3, -0.25) is 4.79 Å². The summed E-state index contributed by atoms with van der Waals surface area (Å²) in [4.78, 5) is 11.1. The van der Waals surface area contributed by atoms with Crippen molar-refractivity contribution in [1.82, 2.24) is 0 Å². The quantitative estimate of drug-likeness (QED) is 0.696. The second-order valence-electron chi connectivity index (χ2n) is 4.72. The summed E-state index contributed by atoms with van der Waals surface area (Å²) >= 11 is 0. The van der Waals surface area contributed by atoms with Crippen molar-refractivity contribution in [1.29, 1.82) is 0 Å². The summed E-state index contributed by atoms with van der Waals surface area (Å²) in [5.74, 6) is 1.03. The first-order chi connectivity index (χ1) is 9.22. The number of furan rings is 1. The molecular formula is C17H14O2. The molecule has 3 rings (SSSR count). The van der Waals surface area contributed by atoms with Crippen LogP contribution in [0.3, 0.4) is 0 Å². The van der Waals surface area contributed by atoms with E-state index in [0.717, 1.165) is 27.9 Å². The Hall–Kier alpha value is -2.35. The van der Waals surface area contributed by atoms with Gasteiger partial charge in [-0.25, -0.2) is 0 Å². The van der Waals surface area contributed by atoms with Gasteiger partial charge in [0, 0.05) is 17.4 Å². The number of hydrogen-bond acceptors (Lipinski definition) is 2. The molecule has 3 aromatic rings. The van der Waals surface area contributed by atoms with Crippen molar-refractivity contribution in [3.63, 3.8) is 0 Å². The first-order valence-electron chi connectivity index (χ1n) is 6.30. The van der Waals surface area contributed by atoms with Crippen molar-refractivity contribution in [2.24, 2.45) is 0 Å². The lowest BCUT2D eigenvalue weighted by Gasteiger charge is -2.00. The standard InChI is InChI=1S/C17H14O2/c1-12(18)10-13-6-8-14(9-7-13)17-11-15-4-2-3-5-16(15)19-17/h2-9,11H,10H2,1H3. The Bertz CT molecular complexity index is 687. The Morgan fingerprint density at radius 1 is 1.05 bits per heavy atom. The maximum absolute atomic E-state index is 11.1. The molecule has 94 valence electrons. The van der Waals surface area contributed by atoms with Gasteiger partial charge in [-0.15, -0.1) is 0 Å². The zero-order valence-electron chi connectivity index (χ0n) is 10.7. The lowest BCUT2D eigenvalue weighted by Crippen LogP contribution is -1.95. The molecule has 0 saturated heterocycles. The molecule has 0 N–H and O–H groups in total. The van der Waals surface area contributed by atoms with Crippen LogP contribution < -0.4 is 0 Å². The van der Waals surface area contributed by atoms with Gasteiger partial charge >= 0.3 is 0 Å². The van der Waals surface area contributed by atoms with Crippen LogP contribution in [0.15, 0.2) is 59.0 Å². The first kappa shape index (κ1) is 11.7. The summed E-state index contributed by atoms with van der Waals surface area (Å²) in [6, 6.07) is 17.9. The van der Waals surface area contributed by atoms with Crippen LogP contribution in [0.25, 0.3) is 22.3 Å². The molecule has 0 saturated carbocycles. The van der Waals surface area contributed by atoms with Gasteiger partial charge in [-0.1, -0.05) is 42.5 Å². The van der Waals surface area contributed by atoms with Crippen LogP contribution in [-0.4, -0.2) is 5.78 Å². The predicted molar refractivity (Wildman–Crippen MR) is 76.0 cm³/mol. The molecule has 0 fully saturated rings. The molecule has 0 bridgehead atoms. The van der Waals surface area contributed by atoms with Gasteiger partial charge in [0.1, 0.15) is 17.1 Å². The topological polar surface area (TPSA) is 30.2 Å². The molecule has 2 aromatic carbocycles. The lowest BCUT2D eigenvalue weighted by molar-refractivity contribution is -0.116. The van der Waals surface area contributed by atoms with Gasteiger partial charge in [0.15, 0.2) is 0 Å². The monoisotopic (exact) mass is 250 g/mol. The number of ketones is 1. The molecule has 2 nitrogen and oxygen atoms in total. The van der Waals surface area contributed by atoms with Crippen molar-refractivity contribution in [2.75, 3.05) is 0 Å². The summed E-state index contributed by atoms with van der Waals surface area (Å²) in [7, 11) is 0. The zero-order valence-corrected chi connectivity index (χ0v) is 10.7. The molecule has 0 spiro atoms. The SMILES string of the molecule is CC(=O)Cc1ccc(-c2cc3ccccc3o2)cc1. The molecule has 0 radical (unpaired) electrons. The summed E-state index contributed by atoms with van der Waals surface area (Å²) in [6.07, 6.45) is 0.487. The Labute approximate surface area is 111 Å². The lowest BCUT2D eigenvalue weighted by atomic mass is 10.1. The van der Waals surface area contributed by atoms with E-state index in [9.17, 15) is 4.79 Å². The van der Waals surface area contributed by atoms with Crippen LogP contribution in [-0.2, 0) is 11.2 Å². The third kappa shape index (κ3) is 2.43. The van der Waals surface area contributed by atoms with E-state index in [1.54, 1.807) is 6.92 Å². The smallest absolute Gasteiger partial charge is 0.135 e. The van der Waals surface area contributed by atoms with Gasteiger partial charge < -0.3 is 4.42 Å². The van der Waals surface area contributed by atoms with Gasteiger partial charge in [0.05, 0.1) is 0 Å². The minimum Gasteiger partial charge on any atom is -0.456 e. The Morgan fingerprint density at radius 3 is 2.47 bits per heavy atom. The normalized spacial score (nSPS) is 10.8. The van der Waals surface area contributed by atoms with Crippen molar-refractivity contribution >= 4 is 16.8 Å². The highest BCUT2D eigenvalue weighted by molar-refractivity contribution is 5.83. The maximum atomic E-state index is 11.1. The highest BCUT2D eigenvalue weighted by atomic mass is 16.3. The predicted octanol–water partition coefficient (Wildman–Crippen LogP) is 4.23. The number of benzene rings is 2. The number of carbonyl (C=O) groups is 1. The van der Waals surface area contributed by atoms with E-state index in [0.29, 0.717) is 6.42 Å². The molecular weight excluding hydrogens is 236 g/mol. The van der Waals surface area contributed by atoms with Crippen LogP contribution in [0.5, 0.6) is 0 Å². The zero-order chi connectivity index (χ0) is 13.2. The third-order valence-electron chi connectivity index (χ3n) is 3.12. The van der Waals surface area contributed by atoms with E-state index in [4.69, 9.17) is 4.42 Å². The van der Waals surface area contributed by atoms with Crippen molar-refractivity contribution in [3.05, 3.63) is 60.2 Å². The second kappa shape index (κ2) is 4.73. The van der Waals surface area contributed by atoms with Crippen molar-refractivity contribution in [2.45, 2.75) is 13.3 Å². The van der Waals surface area contributed by atoms with Crippen LogP contribution >= 0.6 is 0 Å². The fourth-order valence-corrected chi connectivity index (χ4v) is 2.20. The number of carbonyl (C=O) groups excluding carboxylic acids is 1. The van der Waals surface area contributed by atoms with Crippen molar-refractivity contribution < 1.29 is 9.21 Å². The van der Waals surface area contributed by atoms with E-state index in [1.165, 1.54) is 0 Å². The minimum absolute atomic E-state index is 0.177. The van der Waals surface area contributed by atoms with Crippen LogP contribution in [0.2, 0.25) is 0 Å². The number of rotatable bonds is 3. The molecule has 0 aliphatic carbocycles. The van der Waals surface area contributed by atoms with E-state index in [2.05, 4.69) is 0 Å². The molecule has 0 amide bonds. The van der Waals surface area contributed by atoms with Crippen LogP contribution in [0.1, 0.15) is 12.5 Å². The van der Waals surface area contributed by atoms with Crippen LogP contribution in [0.4, 0.5) is 0 Å². The summed E-state index contributed by atoms with van der Waals surface area (Å²) < 4.78 is 5.81. The van der Waals surface area contributed by atoms with E-state index in [-0.39, 0.29) is 5.78 Å². The number of para-hydroxylation sites is 1. The third-order valence-corrected chi connectivity index (χ3v) is 3.12. The maximum Gasteiger partial charge on any atom is 0.135 e. The average Bonchev–Trinajstić information content (AvgIpc) is 2.82. The minimum atomic E-state index is 0.177. The number of Topliss-reactive ketones (excluding diaryl/α,β-unsaturated/α-hetero) is 1. The van der Waals surface area contributed by atoms with E-state index >= 15 is 0 Å². The molecule has 0 aliphatic rings. The van der Waals surface area contributed by atoms with Gasteiger partial charge in [0.25, 0.3) is 0 Å². The molecule has 1 heterocycles. The summed E-state index contributed by atoms with van der Waals surface area (Å²) in [6.45, 7) is 1.60. The number of fused-ring (bicyclic) bond motifs is 1. The highest BCUT2D eigenvalue weighted by Crippen LogP contribution is 2.27. The molecule has 0 atom stereocenters. The molecule has 19 heavy (non-hydrogen) atoms.